The Labute approximate surface area is 202 Å². The monoisotopic (exact) mass is 476 g/mol. The number of halogens is 1. The summed E-state index contributed by atoms with van der Waals surface area (Å²) in [5.74, 6) is -1.97. The van der Waals surface area contributed by atoms with Crippen LogP contribution in [0.2, 0.25) is 0 Å². The molecular weight excluding hydrogens is 451 g/mol. The van der Waals surface area contributed by atoms with E-state index >= 15 is 0 Å². The number of esters is 1. The second-order valence-electron chi connectivity index (χ2n) is 7.98. The smallest absolute Gasteiger partial charge is 0.328 e. The number of hydrogen-bond donors (Lipinski definition) is 2. The SMILES string of the molecule is Cc1c(C#N)c(NC(=O)COC(=O)C(C)NC(=O)c2ccccc2)n(Cc2ccc(F)cc2)c1C. The van der Waals surface area contributed by atoms with Gasteiger partial charge in [0.1, 0.15) is 23.7 Å². The Morgan fingerprint density at radius 3 is 2.37 bits per heavy atom. The number of amides is 2. The van der Waals surface area contributed by atoms with E-state index in [0.29, 0.717) is 17.7 Å². The summed E-state index contributed by atoms with van der Waals surface area (Å²) in [5.41, 5.74) is 2.91. The van der Waals surface area contributed by atoms with Gasteiger partial charge in [0.15, 0.2) is 6.61 Å². The third-order valence-electron chi connectivity index (χ3n) is 5.54. The summed E-state index contributed by atoms with van der Waals surface area (Å²) in [5, 5.41) is 14.8. The third-order valence-corrected chi connectivity index (χ3v) is 5.54. The maximum absolute atomic E-state index is 13.3. The molecule has 0 saturated heterocycles. The van der Waals surface area contributed by atoms with Gasteiger partial charge in [-0.15, -0.1) is 0 Å². The average molecular weight is 477 g/mol. The van der Waals surface area contributed by atoms with Crippen molar-refractivity contribution < 1.29 is 23.5 Å². The summed E-state index contributed by atoms with van der Waals surface area (Å²) >= 11 is 0. The number of aromatic nitrogens is 1. The molecule has 8 nitrogen and oxygen atoms in total. The molecule has 0 bridgehead atoms. The lowest BCUT2D eigenvalue weighted by Gasteiger charge is -2.15. The second-order valence-corrected chi connectivity index (χ2v) is 7.98. The Hall–Kier alpha value is -4.45. The highest BCUT2D eigenvalue weighted by atomic mass is 19.1. The lowest BCUT2D eigenvalue weighted by Crippen LogP contribution is -2.40. The Bertz CT molecular complexity index is 1280. The van der Waals surface area contributed by atoms with Crippen molar-refractivity contribution in [2.75, 3.05) is 11.9 Å². The number of ether oxygens (including phenoxy) is 1. The molecule has 1 aromatic heterocycles. The molecule has 3 aromatic rings. The third kappa shape index (κ3) is 6.12. The summed E-state index contributed by atoms with van der Waals surface area (Å²) in [6.45, 7) is 4.73. The summed E-state index contributed by atoms with van der Waals surface area (Å²) in [7, 11) is 0. The summed E-state index contributed by atoms with van der Waals surface area (Å²) < 4.78 is 20.1. The number of nitrogens with one attached hydrogen (secondary N) is 2. The average Bonchev–Trinajstić information content (AvgIpc) is 3.07. The van der Waals surface area contributed by atoms with Crippen molar-refractivity contribution in [1.29, 1.82) is 5.26 Å². The number of hydrogen-bond acceptors (Lipinski definition) is 5. The first-order valence-corrected chi connectivity index (χ1v) is 10.9. The zero-order valence-electron chi connectivity index (χ0n) is 19.6. The van der Waals surface area contributed by atoms with Crippen molar-refractivity contribution in [2.45, 2.75) is 33.4 Å². The molecule has 0 spiro atoms. The number of anilines is 1. The molecule has 0 aliphatic heterocycles. The van der Waals surface area contributed by atoms with Gasteiger partial charge in [0.25, 0.3) is 11.8 Å². The van der Waals surface area contributed by atoms with Crippen LogP contribution in [0.1, 0.15) is 39.7 Å². The zero-order chi connectivity index (χ0) is 25.5. The van der Waals surface area contributed by atoms with Gasteiger partial charge >= 0.3 is 5.97 Å². The molecule has 1 heterocycles. The molecule has 0 saturated carbocycles. The minimum Gasteiger partial charge on any atom is -0.454 e. The first-order chi connectivity index (χ1) is 16.7. The van der Waals surface area contributed by atoms with E-state index in [4.69, 9.17) is 4.74 Å². The molecule has 3 rings (SSSR count). The summed E-state index contributed by atoms with van der Waals surface area (Å²) in [6, 6.07) is 15.4. The van der Waals surface area contributed by atoms with Crippen LogP contribution in [0.3, 0.4) is 0 Å². The molecule has 35 heavy (non-hydrogen) atoms. The lowest BCUT2D eigenvalue weighted by atomic mass is 10.2. The highest BCUT2D eigenvalue weighted by molar-refractivity contribution is 5.97. The molecule has 1 atom stereocenters. The molecule has 1 unspecified atom stereocenters. The van der Waals surface area contributed by atoms with E-state index in [1.165, 1.54) is 19.1 Å². The number of rotatable bonds is 8. The minimum absolute atomic E-state index is 0.262. The van der Waals surface area contributed by atoms with E-state index in [1.807, 2.05) is 6.92 Å². The molecule has 2 amide bonds. The molecule has 2 N–H and O–H groups in total. The predicted molar refractivity (Wildman–Crippen MR) is 127 cm³/mol. The van der Waals surface area contributed by atoms with Crippen LogP contribution in [0, 0.1) is 31.0 Å². The quantitative estimate of drug-likeness (QED) is 0.484. The topological polar surface area (TPSA) is 113 Å². The number of carbonyl (C=O) groups excluding carboxylic acids is 3. The van der Waals surface area contributed by atoms with E-state index in [2.05, 4.69) is 16.7 Å². The van der Waals surface area contributed by atoms with Crippen molar-refractivity contribution in [1.82, 2.24) is 9.88 Å². The molecule has 0 fully saturated rings. The molecule has 0 radical (unpaired) electrons. The number of carbonyl (C=O) groups is 3. The van der Waals surface area contributed by atoms with Crippen molar-refractivity contribution in [3.8, 4) is 6.07 Å². The van der Waals surface area contributed by atoms with Crippen LogP contribution in [-0.4, -0.2) is 35.0 Å². The fourth-order valence-corrected chi connectivity index (χ4v) is 3.46. The van der Waals surface area contributed by atoms with Gasteiger partial charge < -0.3 is 19.9 Å². The maximum Gasteiger partial charge on any atom is 0.328 e. The van der Waals surface area contributed by atoms with Gasteiger partial charge in [-0.05, 0) is 56.2 Å². The fourth-order valence-electron chi connectivity index (χ4n) is 3.46. The van der Waals surface area contributed by atoms with Gasteiger partial charge in [0, 0.05) is 17.8 Å². The molecule has 0 aliphatic rings. The van der Waals surface area contributed by atoms with Gasteiger partial charge in [0.2, 0.25) is 0 Å². The first-order valence-electron chi connectivity index (χ1n) is 10.9. The van der Waals surface area contributed by atoms with Gasteiger partial charge in [-0.25, -0.2) is 9.18 Å². The van der Waals surface area contributed by atoms with Crippen molar-refractivity contribution in [3.63, 3.8) is 0 Å². The number of nitriles is 1. The molecular formula is C26H25FN4O4. The number of nitrogens with zero attached hydrogens (tertiary/aromatic N) is 2. The Morgan fingerprint density at radius 2 is 1.74 bits per heavy atom. The highest BCUT2D eigenvalue weighted by Gasteiger charge is 2.22. The van der Waals surface area contributed by atoms with Gasteiger partial charge in [-0.2, -0.15) is 5.26 Å². The largest absolute Gasteiger partial charge is 0.454 e. The van der Waals surface area contributed by atoms with Crippen molar-refractivity contribution in [2.24, 2.45) is 0 Å². The van der Waals surface area contributed by atoms with Gasteiger partial charge in [-0.1, -0.05) is 30.3 Å². The standard InChI is InChI=1S/C26H25FN4O4/c1-16-18(3)31(14-19-9-11-21(27)12-10-19)24(22(16)13-28)30-23(32)15-35-26(34)17(2)29-25(33)20-7-5-4-6-8-20/h4-12,17H,14-15H2,1-3H3,(H,29,33)(H,30,32). The van der Waals surface area contributed by atoms with E-state index in [9.17, 15) is 24.0 Å². The van der Waals surface area contributed by atoms with Crippen molar-refractivity contribution >= 4 is 23.6 Å². The van der Waals surface area contributed by atoms with E-state index in [0.717, 1.165) is 11.3 Å². The summed E-state index contributed by atoms with van der Waals surface area (Å²) in [6.07, 6.45) is 0. The van der Waals surface area contributed by atoms with Crippen LogP contribution in [0.5, 0.6) is 0 Å². The molecule has 0 aliphatic carbocycles. The van der Waals surface area contributed by atoms with Crippen LogP contribution in [0.4, 0.5) is 10.2 Å². The number of benzene rings is 2. The van der Waals surface area contributed by atoms with Gasteiger partial charge in [0.05, 0.1) is 5.56 Å². The van der Waals surface area contributed by atoms with Crippen LogP contribution in [0.25, 0.3) is 0 Å². The molecule has 2 aromatic carbocycles. The van der Waals surface area contributed by atoms with Crippen molar-refractivity contribution in [3.05, 3.63) is 88.4 Å². The van der Waals surface area contributed by atoms with Crippen LogP contribution in [-0.2, 0) is 20.9 Å². The second kappa shape index (κ2) is 11.1. The molecule has 180 valence electrons. The van der Waals surface area contributed by atoms with E-state index in [-0.39, 0.29) is 17.2 Å². The molecule has 9 heteroatoms. The minimum atomic E-state index is -0.975. The Balaban J connectivity index is 1.65. The maximum atomic E-state index is 13.3. The van der Waals surface area contributed by atoms with Crippen LogP contribution in [0.15, 0.2) is 54.6 Å². The first kappa shape index (κ1) is 25.2. The fraction of sp³-hybridized carbons (Fsp3) is 0.231. The Kier molecular flexibility index (Phi) is 8.00. The lowest BCUT2D eigenvalue weighted by molar-refractivity contribution is -0.148. The van der Waals surface area contributed by atoms with Crippen LogP contribution < -0.4 is 10.6 Å². The summed E-state index contributed by atoms with van der Waals surface area (Å²) in [4.78, 5) is 37.0. The predicted octanol–water partition coefficient (Wildman–Crippen LogP) is 3.46. The zero-order valence-corrected chi connectivity index (χ0v) is 19.6. The van der Waals surface area contributed by atoms with Crippen LogP contribution >= 0.6 is 0 Å². The van der Waals surface area contributed by atoms with E-state index < -0.39 is 30.4 Å². The van der Waals surface area contributed by atoms with E-state index in [1.54, 1.807) is 54.0 Å². The Morgan fingerprint density at radius 1 is 1.09 bits per heavy atom. The normalized spacial score (nSPS) is 11.3. The van der Waals surface area contributed by atoms with Gasteiger partial charge in [-0.3, -0.25) is 9.59 Å². The highest BCUT2D eigenvalue weighted by Crippen LogP contribution is 2.27.